The molecule has 1 unspecified atom stereocenters. The van der Waals surface area contributed by atoms with E-state index < -0.39 is 0 Å². The highest BCUT2D eigenvalue weighted by Crippen LogP contribution is 2.38. The Labute approximate surface area is 117 Å². The molecule has 2 aromatic carbocycles. The van der Waals surface area contributed by atoms with Crippen LogP contribution in [-0.4, -0.2) is 5.75 Å². The van der Waals surface area contributed by atoms with Gasteiger partial charge in [0, 0.05) is 16.3 Å². The number of fused-ring (bicyclic) bond motifs is 1. The van der Waals surface area contributed by atoms with Crippen LogP contribution in [0.25, 0.3) is 0 Å². The zero-order valence-electron chi connectivity index (χ0n) is 10.8. The van der Waals surface area contributed by atoms with Crippen molar-refractivity contribution in [1.29, 1.82) is 0 Å². The van der Waals surface area contributed by atoms with Crippen LogP contribution in [0.1, 0.15) is 23.6 Å². The molecule has 2 aromatic rings. The Morgan fingerprint density at radius 2 is 2.05 bits per heavy atom. The Balaban J connectivity index is 1.90. The Morgan fingerprint density at radius 3 is 2.95 bits per heavy atom. The summed E-state index contributed by atoms with van der Waals surface area (Å²) in [5.74, 6) is 0.912. The third kappa shape index (κ3) is 2.61. The van der Waals surface area contributed by atoms with E-state index in [1.54, 1.807) is 6.07 Å². The Kier molecular flexibility index (Phi) is 3.47. The molecular weight excluding hydrogens is 257 g/mol. The van der Waals surface area contributed by atoms with Gasteiger partial charge >= 0.3 is 0 Å². The molecule has 1 heterocycles. The van der Waals surface area contributed by atoms with Gasteiger partial charge < -0.3 is 5.32 Å². The van der Waals surface area contributed by atoms with Crippen molar-refractivity contribution in [2.24, 2.45) is 0 Å². The molecule has 1 aliphatic heterocycles. The quantitative estimate of drug-likeness (QED) is 0.844. The molecule has 1 atom stereocenters. The summed E-state index contributed by atoms with van der Waals surface area (Å²) < 4.78 is 13.4. The predicted octanol–water partition coefficient (Wildman–Crippen LogP) is 4.78. The van der Waals surface area contributed by atoms with Crippen LogP contribution in [0.4, 0.5) is 10.1 Å². The molecule has 0 aliphatic carbocycles. The van der Waals surface area contributed by atoms with Gasteiger partial charge in [0.25, 0.3) is 0 Å². The molecule has 0 fully saturated rings. The fraction of sp³-hybridized carbons (Fsp3) is 0.250. The Hall–Kier alpha value is -1.48. The second-order valence-electron chi connectivity index (χ2n) is 4.83. The van der Waals surface area contributed by atoms with Crippen molar-refractivity contribution in [3.05, 3.63) is 59.4 Å². The summed E-state index contributed by atoms with van der Waals surface area (Å²) in [4.78, 5) is 1.33. The SMILES string of the molecule is Cc1ccc(F)cc1NC1CCSc2ccccc21. The number of hydrogen-bond acceptors (Lipinski definition) is 2. The fourth-order valence-electron chi connectivity index (χ4n) is 2.43. The first-order valence-corrected chi connectivity index (χ1v) is 7.47. The zero-order valence-corrected chi connectivity index (χ0v) is 11.6. The minimum atomic E-state index is -0.188. The first-order chi connectivity index (χ1) is 9.24. The number of halogens is 1. The summed E-state index contributed by atoms with van der Waals surface area (Å²) in [5.41, 5.74) is 3.30. The number of anilines is 1. The lowest BCUT2D eigenvalue weighted by molar-refractivity contribution is 0.626. The standard InChI is InChI=1S/C16H16FNS/c1-11-6-7-12(17)10-15(11)18-14-8-9-19-16-5-3-2-4-13(14)16/h2-7,10,14,18H,8-9H2,1H3. The van der Waals surface area contributed by atoms with E-state index in [0.717, 1.165) is 23.4 Å². The molecule has 1 aliphatic rings. The molecule has 1 N–H and O–H groups in total. The average Bonchev–Trinajstić information content (AvgIpc) is 2.43. The van der Waals surface area contributed by atoms with Crippen molar-refractivity contribution in [2.75, 3.05) is 11.1 Å². The maximum atomic E-state index is 13.4. The van der Waals surface area contributed by atoms with Crippen molar-refractivity contribution in [2.45, 2.75) is 24.3 Å². The lowest BCUT2D eigenvalue weighted by Crippen LogP contribution is -2.16. The van der Waals surface area contributed by atoms with E-state index in [1.165, 1.54) is 16.5 Å². The molecule has 0 radical (unpaired) electrons. The Bertz CT molecular complexity index is 597. The lowest BCUT2D eigenvalue weighted by Gasteiger charge is -2.27. The Morgan fingerprint density at radius 1 is 1.21 bits per heavy atom. The van der Waals surface area contributed by atoms with Crippen molar-refractivity contribution in [3.63, 3.8) is 0 Å². The van der Waals surface area contributed by atoms with Gasteiger partial charge in [-0.2, -0.15) is 0 Å². The largest absolute Gasteiger partial charge is 0.378 e. The summed E-state index contributed by atoms with van der Waals surface area (Å²) in [6.45, 7) is 2.01. The summed E-state index contributed by atoms with van der Waals surface area (Å²) in [6, 6.07) is 13.6. The topological polar surface area (TPSA) is 12.0 Å². The van der Waals surface area contributed by atoms with E-state index in [0.29, 0.717) is 0 Å². The number of benzene rings is 2. The summed E-state index contributed by atoms with van der Waals surface area (Å²) >= 11 is 1.90. The van der Waals surface area contributed by atoms with Gasteiger partial charge in [-0.05, 0) is 42.7 Å². The van der Waals surface area contributed by atoms with Crippen molar-refractivity contribution < 1.29 is 4.39 Å². The maximum Gasteiger partial charge on any atom is 0.125 e. The van der Waals surface area contributed by atoms with E-state index in [1.807, 2.05) is 24.8 Å². The molecule has 0 spiro atoms. The highest BCUT2D eigenvalue weighted by atomic mass is 32.2. The van der Waals surface area contributed by atoms with Crippen molar-refractivity contribution >= 4 is 17.4 Å². The summed E-state index contributed by atoms with van der Waals surface area (Å²) in [6.07, 6.45) is 1.07. The van der Waals surface area contributed by atoms with Gasteiger partial charge in [-0.25, -0.2) is 4.39 Å². The minimum absolute atomic E-state index is 0.188. The van der Waals surface area contributed by atoms with Crippen molar-refractivity contribution in [3.8, 4) is 0 Å². The van der Waals surface area contributed by atoms with Gasteiger partial charge in [0.15, 0.2) is 0 Å². The predicted molar refractivity (Wildman–Crippen MR) is 79.3 cm³/mol. The zero-order chi connectivity index (χ0) is 13.2. The normalized spacial score (nSPS) is 17.9. The number of hydrogen-bond donors (Lipinski definition) is 1. The van der Waals surface area contributed by atoms with Crippen LogP contribution in [0, 0.1) is 12.7 Å². The van der Waals surface area contributed by atoms with Crippen LogP contribution < -0.4 is 5.32 Å². The van der Waals surface area contributed by atoms with Gasteiger partial charge in [0.1, 0.15) is 5.82 Å². The van der Waals surface area contributed by atoms with Crippen LogP contribution in [-0.2, 0) is 0 Å². The fourth-order valence-corrected chi connectivity index (χ4v) is 3.55. The molecule has 1 nitrogen and oxygen atoms in total. The van der Waals surface area contributed by atoms with Gasteiger partial charge in [-0.3, -0.25) is 0 Å². The van der Waals surface area contributed by atoms with E-state index in [-0.39, 0.29) is 11.9 Å². The second kappa shape index (κ2) is 5.25. The smallest absolute Gasteiger partial charge is 0.125 e. The monoisotopic (exact) mass is 273 g/mol. The molecule has 0 aromatic heterocycles. The summed E-state index contributed by atoms with van der Waals surface area (Å²) in [5, 5.41) is 3.49. The van der Waals surface area contributed by atoms with E-state index in [2.05, 4.69) is 29.6 Å². The molecule has 3 rings (SSSR count). The van der Waals surface area contributed by atoms with Crippen LogP contribution >= 0.6 is 11.8 Å². The third-order valence-electron chi connectivity index (χ3n) is 3.49. The lowest BCUT2D eigenvalue weighted by atomic mass is 10.0. The van der Waals surface area contributed by atoms with Gasteiger partial charge in [0.2, 0.25) is 0 Å². The molecule has 0 amide bonds. The van der Waals surface area contributed by atoms with Gasteiger partial charge in [-0.1, -0.05) is 24.3 Å². The van der Waals surface area contributed by atoms with Crippen LogP contribution in [0.15, 0.2) is 47.4 Å². The number of thioether (sulfide) groups is 1. The van der Waals surface area contributed by atoms with Gasteiger partial charge in [-0.15, -0.1) is 11.8 Å². The molecule has 0 bridgehead atoms. The average molecular weight is 273 g/mol. The summed E-state index contributed by atoms with van der Waals surface area (Å²) in [7, 11) is 0. The maximum absolute atomic E-state index is 13.4. The van der Waals surface area contributed by atoms with Crippen LogP contribution in [0.5, 0.6) is 0 Å². The number of aryl methyl sites for hydroxylation is 1. The highest BCUT2D eigenvalue weighted by Gasteiger charge is 2.20. The molecule has 0 saturated heterocycles. The molecule has 98 valence electrons. The van der Waals surface area contributed by atoms with E-state index >= 15 is 0 Å². The molecule has 0 saturated carbocycles. The first-order valence-electron chi connectivity index (χ1n) is 6.48. The van der Waals surface area contributed by atoms with Gasteiger partial charge in [0.05, 0.1) is 6.04 Å². The van der Waals surface area contributed by atoms with E-state index in [9.17, 15) is 4.39 Å². The second-order valence-corrected chi connectivity index (χ2v) is 5.97. The molecular formula is C16H16FNS. The van der Waals surface area contributed by atoms with Crippen LogP contribution in [0.3, 0.4) is 0 Å². The molecule has 19 heavy (non-hydrogen) atoms. The van der Waals surface area contributed by atoms with Crippen LogP contribution in [0.2, 0.25) is 0 Å². The molecule has 3 heteroatoms. The number of rotatable bonds is 2. The van der Waals surface area contributed by atoms with Crippen molar-refractivity contribution in [1.82, 2.24) is 0 Å². The van der Waals surface area contributed by atoms with E-state index in [4.69, 9.17) is 0 Å². The first kappa shape index (κ1) is 12.5. The minimum Gasteiger partial charge on any atom is -0.378 e. The highest BCUT2D eigenvalue weighted by molar-refractivity contribution is 7.99. The number of nitrogens with one attached hydrogen (secondary N) is 1. The third-order valence-corrected chi connectivity index (χ3v) is 4.61.